The summed E-state index contributed by atoms with van der Waals surface area (Å²) >= 11 is 6.83. The average Bonchev–Trinajstić information content (AvgIpc) is 4.01. The third-order valence-corrected chi connectivity index (χ3v) is 17.8. The van der Waals surface area contributed by atoms with Gasteiger partial charge in [0, 0.05) is 75.8 Å². The molecule has 6 rings (SSSR count). The summed E-state index contributed by atoms with van der Waals surface area (Å²) in [5.74, 6) is -3.62. The van der Waals surface area contributed by atoms with Crippen molar-refractivity contribution < 1.29 is 76.7 Å². The van der Waals surface area contributed by atoms with Gasteiger partial charge in [-0.25, -0.2) is 19.8 Å². The Kier molecular flexibility index (Phi) is 21.8. The molecular formula is C54H71ClN8O16S2. The zero-order chi connectivity index (χ0) is 59.6. The Morgan fingerprint density at radius 3 is 2.47 bits per heavy atom. The number of hydrazone groups is 1. The van der Waals surface area contributed by atoms with Gasteiger partial charge in [0.15, 0.2) is 5.72 Å². The van der Waals surface area contributed by atoms with Crippen LogP contribution in [0.3, 0.4) is 0 Å². The molecular weight excluding hydrogens is 1120 g/mol. The monoisotopic (exact) mass is 1190 g/mol. The smallest absolute Gasteiger partial charge is 0.409 e. The second-order valence-electron chi connectivity index (χ2n) is 21.0. The minimum atomic E-state index is -1.88. The fourth-order valence-electron chi connectivity index (χ4n) is 9.17. The number of hydrogen-bond donors (Lipinski definition) is 3. The summed E-state index contributed by atoms with van der Waals surface area (Å²) in [6, 6.07) is 5.58. The number of aliphatic hydroxyl groups is 1. The lowest BCUT2D eigenvalue weighted by molar-refractivity contribution is -0.197. The van der Waals surface area contributed by atoms with E-state index >= 15 is 0 Å². The number of hydrogen-bond acceptors (Lipinski definition) is 21. The van der Waals surface area contributed by atoms with E-state index < -0.39 is 88.2 Å². The van der Waals surface area contributed by atoms with Gasteiger partial charge in [-0.3, -0.25) is 29.3 Å². The van der Waals surface area contributed by atoms with Crippen LogP contribution in [0.5, 0.6) is 11.6 Å². The van der Waals surface area contributed by atoms with Gasteiger partial charge >= 0.3 is 18.0 Å². The second-order valence-corrected chi connectivity index (χ2v) is 24.5. The Morgan fingerprint density at radius 1 is 1.09 bits per heavy atom. The summed E-state index contributed by atoms with van der Waals surface area (Å²) in [6.07, 6.45) is 0.666. The Morgan fingerprint density at radius 2 is 1.80 bits per heavy atom. The van der Waals surface area contributed by atoms with E-state index in [-0.39, 0.29) is 80.7 Å². The number of nitrogens with one attached hydrogen (secondary N) is 2. The molecule has 1 aromatic carbocycles. The van der Waals surface area contributed by atoms with E-state index in [9.17, 15) is 43.5 Å². The van der Waals surface area contributed by atoms with Crippen LogP contribution in [0.15, 0.2) is 53.2 Å². The first-order chi connectivity index (χ1) is 38.2. The number of epoxide rings is 1. The van der Waals surface area contributed by atoms with Crippen molar-refractivity contribution >= 4 is 92.2 Å². The molecule has 0 radical (unpaired) electrons. The first-order valence-corrected chi connectivity index (χ1v) is 28.9. The van der Waals surface area contributed by atoms with Crippen LogP contribution in [0.4, 0.5) is 10.5 Å². The Hall–Kier alpha value is -6.32. The molecule has 4 aliphatic heterocycles. The Labute approximate surface area is 483 Å². The summed E-state index contributed by atoms with van der Waals surface area (Å²) in [5.41, 5.74) is 2.11. The molecule has 4 aliphatic rings. The van der Waals surface area contributed by atoms with Crippen molar-refractivity contribution in [1.82, 2.24) is 30.9 Å². The molecule has 442 valence electrons. The van der Waals surface area contributed by atoms with Crippen molar-refractivity contribution in [3.8, 4) is 11.6 Å². The number of imide groups is 1. The second kappa shape index (κ2) is 27.6. The number of aromatic nitrogens is 2. The highest BCUT2D eigenvalue weighted by Crippen LogP contribution is 2.49. The molecule has 5 heterocycles. The summed E-state index contributed by atoms with van der Waals surface area (Å²) in [4.78, 5) is 111. The molecule has 4 bridgehead atoms. The Bertz CT molecular complexity index is 2790. The van der Waals surface area contributed by atoms with Gasteiger partial charge in [0.05, 0.1) is 44.1 Å². The maximum absolute atomic E-state index is 14.4. The van der Waals surface area contributed by atoms with Crippen LogP contribution in [-0.4, -0.2) is 166 Å². The minimum Gasteiger partial charge on any atom is -0.495 e. The number of benzene rings is 1. The van der Waals surface area contributed by atoms with Gasteiger partial charge in [-0.2, -0.15) is 5.10 Å². The lowest BCUT2D eigenvalue weighted by Gasteiger charge is -2.42. The van der Waals surface area contributed by atoms with E-state index in [1.54, 1.807) is 64.2 Å². The predicted molar refractivity (Wildman–Crippen MR) is 299 cm³/mol. The summed E-state index contributed by atoms with van der Waals surface area (Å²) in [7, 11) is 8.70. The number of rotatable bonds is 20. The van der Waals surface area contributed by atoms with E-state index in [4.69, 9.17) is 44.9 Å². The summed E-state index contributed by atoms with van der Waals surface area (Å²) < 4.78 is 34.4. The number of carbonyl (C=O) groups excluding carboxylic acids is 8. The summed E-state index contributed by atoms with van der Waals surface area (Å²) in [6.45, 7) is 12.4. The molecule has 0 saturated carbocycles. The normalized spacial score (nSPS) is 25.8. The number of likely N-dealkylation sites (N-methyl/N-ethyl adjacent to an activating group) is 1. The molecule has 1 aromatic heterocycles. The largest absolute Gasteiger partial charge is 0.495 e. The molecule has 6 amide bonds. The van der Waals surface area contributed by atoms with Crippen LogP contribution in [-0.2, 0) is 63.8 Å². The van der Waals surface area contributed by atoms with Gasteiger partial charge in [-0.15, -0.1) is 15.3 Å². The number of esters is 1. The van der Waals surface area contributed by atoms with Crippen LogP contribution in [0.2, 0.25) is 5.02 Å². The molecule has 24 nitrogen and oxygen atoms in total. The molecule has 3 saturated heterocycles. The van der Waals surface area contributed by atoms with Crippen LogP contribution in [0, 0.1) is 5.92 Å². The predicted octanol–water partition coefficient (Wildman–Crippen LogP) is 5.55. The number of methoxy groups -OCH3 is 2. The quantitative estimate of drug-likeness (QED) is 0.0278. The number of halogens is 1. The van der Waals surface area contributed by atoms with E-state index in [0.717, 1.165) is 11.1 Å². The number of hydroxylamine groups is 2. The third kappa shape index (κ3) is 16.7. The SMILES string of the molecule is COc1cc2cc(c1Cl)N(C)C(=O)C[C@H](OC(=O)[C@H](C)N(C)C(=O)CCSSC(C)(C)CC(=O)N/N=C(/C)c1ccc(OCCCC(=O)ON3C(=O)CCC3=O)nn1)C1(C)O[C@H]1[C@H](C)[C@@H]1C[C@@](O)(NC(=O)O1)[C@H](OC)/C=C/C=C(\C)C2. The number of anilines is 1. The van der Waals surface area contributed by atoms with E-state index in [0.29, 0.717) is 40.1 Å². The van der Waals surface area contributed by atoms with Gasteiger partial charge in [0.25, 0.3) is 11.8 Å². The number of ether oxygens (including phenoxy) is 6. The maximum atomic E-state index is 14.4. The molecule has 81 heavy (non-hydrogen) atoms. The standard InChI is InChI=1S/C54H71ClN8O16S2/c1-30-14-12-15-39(74-11)54(72)28-38(76-51(71)56-54)31(2)49-53(7,78-49)40(27-46(68)62(9)36-25-34(24-30)26-37(73-10)48(36)55)77-50(70)33(4)61(8)43(65)21-23-80-81-52(5,6)29-41(64)59-57-32(3)35-17-18-42(60-58-35)75-22-13-16-47(69)79-63-44(66)19-20-45(63)67/h12,14-15,17-18,25-26,31,33,38-40,49,72H,13,16,19-24,27-29H2,1-11H3,(H,56,71)(H,59,64)/b15-12+,30-14+,57-32-/t31-,33+,38+,39-,40+,49+,53?,54+/m1/s1. The minimum absolute atomic E-state index is 0.00437. The fourth-order valence-corrected chi connectivity index (χ4v) is 12.0. The first-order valence-electron chi connectivity index (χ1n) is 26.2. The van der Waals surface area contributed by atoms with E-state index in [1.807, 2.05) is 26.8 Å². The topological polar surface area (TPSA) is 297 Å². The fraction of sp³-hybridized carbons (Fsp3) is 0.574. The van der Waals surface area contributed by atoms with Gasteiger partial charge in [0.2, 0.25) is 23.6 Å². The van der Waals surface area contributed by atoms with Gasteiger partial charge in [-0.05, 0) is 78.1 Å². The highest BCUT2D eigenvalue weighted by Gasteiger charge is 2.64. The van der Waals surface area contributed by atoms with Crippen LogP contribution < -0.4 is 25.1 Å². The van der Waals surface area contributed by atoms with Crippen molar-refractivity contribution in [3.05, 3.63) is 64.3 Å². The molecule has 3 fully saturated rings. The highest BCUT2D eigenvalue weighted by molar-refractivity contribution is 8.77. The van der Waals surface area contributed by atoms with Crippen LogP contribution in [0.1, 0.15) is 111 Å². The summed E-state index contributed by atoms with van der Waals surface area (Å²) in [5, 5.41) is 27.3. The van der Waals surface area contributed by atoms with Crippen molar-refractivity contribution in [3.63, 3.8) is 0 Å². The molecule has 8 atom stereocenters. The first kappa shape index (κ1) is 63.9. The molecule has 0 spiro atoms. The number of nitrogens with zero attached hydrogens (tertiary/aromatic N) is 6. The number of allylic oxidation sites excluding steroid dienone is 3. The van der Waals surface area contributed by atoms with Crippen molar-refractivity contribution in [2.24, 2.45) is 11.0 Å². The molecule has 3 N–H and O–H groups in total. The van der Waals surface area contributed by atoms with E-state index in [1.165, 1.54) is 59.6 Å². The molecule has 2 aromatic rings. The third-order valence-electron chi connectivity index (χ3n) is 14.1. The lowest BCUT2D eigenvalue weighted by atomic mass is 9.83. The molecule has 1 unspecified atom stereocenters. The average molecular weight is 1190 g/mol. The van der Waals surface area contributed by atoms with Gasteiger partial charge < -0.3 is 48.2 Å². The number of fused-ring (bicyclic) bond motifs is 5. The van der Waals surface area contributed by atoms with Crippen molar-refractivity contribution in [2.75, 3.05) is 45.6 Å². The van der Waals surface area contributed by atoms with Crippen LogP contribution >= 0.6 is 33.2 Å². The van der Waals surface area contributed by atoms with E-state index in [2.05, 4.69) is 26.0 Å². The Balaban J connectivity index is 1.02. The maximum Gasteiger partial charge on any atom is 0.409 e. The zero-order valence-electron chi connectivity index (χ0n) is 47.2. The van der Waals surface area contributed by atoms with Crippen molar-refractivity contribution in [2.45, 2.75) is 153 Å². The van der Waals surface area contributed by atoms with Crippen molar-refractivity contribution in [1.29, 1.82) is 0 Å². The van der Waals surface area contributed by atoms with Gasteiger partial charge in [0.1, 0.15) is 46.4 Å². The number of amides is 6. The lowest BCUT2D eigenvalue weighted by Crippen LogP contribution is -2.63. The highest BCUT2D eigenvalue weighted by atomic mass is 35.5. The molecule has 27 heteroatoms. The zero-order valence-corrected chi connectivity index (χ0v) is 49.6. The number of carbonyl (C=O) groups is 8. The van der Waals surface area contributed by atoms with Gasteiger partial charge in [-0.1, -0.05) is 63.9 Å². The number of alkyl carbamates (subject to hydrolysis) is 1. The van der Waals surface area contributed by atoms with Crippen LogP contribution in [0.25, 0.3) is 0 Å². The molecule has 0 aliphatic carbocycles.